The van der Waals surface area contributed by atoms with E-state index >= 15 is 0 Å². The van der Waals surface area contributed by atoms with Crippen molar-refractivity contribution in [3.63, 3.8) is 0 Å². The Morgan fingerprint density at radius 2 is 1.75 bits per heavy atom. The van der Waals surface area contributed by atoms with Crippen molar-refractivity contribution in [1.82, 2.24) is 9.80 Å². The van der Waals surface area contributed by atoms with Crippen molar-refractivity contribution < 1.29 is 0 Å². The molecule has 2 aliphatic rings. The first kappa shape index (κ1) is 19.7. The number of likely N-dealkylation sites (tertiary alicyclic amines) is 1. The molecule has 3 heteroatoms. The lowest BCUT2D eigenvalue weighted by molar-refractivity contribution is 0.0796. The highest BCUT2D eigenvalue weighted by Crippen LogP contribution is 2.33. The maximum Gasteiger partial charge on any atom is 0.132 e. The van der Waals surface area contributed by atoms with Crippen molar-refractivity contribution in [1.29, 1.82) is 0 Å². The van der Waals surface area contributed by atoms with Crippen LogP contribution >= 0.6 is 0 Å². The van der Waals surface area contributed by atoms with Gasteiger partial charge in [-0.05, 0) is 82.6 Å². The molecule has 1 fully saturated rings. The van der Waals surface area contributed by atoms with Gasteiger partial charge in [-0.15, -0.1) is 0 Å². The van der Waals surface area contributed by atoms with E-state index in [2.05, 4.69) is 42.7 Å². The van der Waals surface area contributed by atoms with E-state index in [-0.39, 0.29) is 5.66 Å². The molecular weight excluding hydrogens is 294 g/mol. The van der Waals surface area contributed by atoms with E-state index in [9.17, 15) is 0 Å². The number of rotatable bonds is 11. The Bertz CT molecular complexity index is 376. The molecule has 0 aromatic rings. The van der Waals surface area contributed by atoms with Gasteiger partial charge in [0.15, 0.2) is 0 Å². The summed E-state index contributed by atoms with van der Waals surface area (Å²) in [4.78, 5) is 10.1. The van der Waals surface area contributed by atoms with Crippen LogP contribution in [0.2, 0.25) is 0 Å². The third-order valence-corrected chi connectivity index (χ3v) is 5.69. The van der Waals surface area contributed by atoms with E-state index in [1.54, 1.807) is 0 Å². The summed E-state index contributed by atoms with van der Waals surface area (Å²) in [6.45, 7) is 13.2. The van der Waals surface area contributed by atoms with Crippen molar-refractivity contribution in [2.75, 3.05) is 32.7 Å². The fourth-order valence-corrected chi connectivity index (χ4v) is 4.45. The van der Waals surface area contributed by atoms with Crippen LogP contribution < -0.4 is 0 Å². The Morgan fingerprint density at radius 1 is 1.04 bits per heavy atom. The lowest BCUT2D eigenvalue weighted by atomic mass is 9.89. The van der Waals surface area contributed by atoms with Crippen LogP contribution in [0.1, 0.15) is 72.1 Å². The maximum atomic E-state index is 4.82. The Kier molecular flexibility index (Phi) is 8.48. The first-order chi connectivity index (χ1) is 11.7. The summed E-state index contributed by atoms with van der Waals surface area (Å²) in [5.74, 6) is 0.930. The molecule has 0 N–H and O–H groups in total. The Balaban J connectivity index is 1.71. The summed E-state index contributed by atoms with van der Waals surface area (Å²) < 4.78 is 0. The average Bonchev–Trinajstić information content (AvgIpc) is 3.06. The molecule has 1 saturated heterocycles. The summed E-state index contributed by atoms with van der Waals surface area (Å²) >= 11 is 0. The third-order valence-electron chi connectivity index (χ3n) is 5.69. The SMILES string of the molecule is CCCN(CCC)CCCC1CCN(C2(CCC)C=CC=N2)CC1. The first-order valence-corrected chi connectivity index (χ1v) is 10.4. The largest absolute Gasteiger partial charge is 0.303 e. The topological polar surface area (TPSA) is 18.8 Å². The van der Waals surface area contributed by atoms with Crippen LogP contribution in [0.15, 0.2) is 17.1 Å². The van der Waals surface area contributed by atoms with Crippen LogP contribution in [0, 0.1) is 5.92 Å². The van der Waals surface area contributed by atoms with Gasteiger partial charge in [-0.1, -0.05) is 27.2 Å². The summed E-state index contributed by atoms with van der Waals surface area (Å²) in [5.41, 5.74) is -0.00122. The zero-order valence-electron chi connectivity index (χ0n) is 16.3. The van der Waals surface area contributed by atoms with E-state index < -0.39 is 0 Å². The fraction of sp³-hybridized carbons (Fsp3) is 0.857. The normalized spacial score (nSPS) is 25.2. The Morgan fingerprint density at radius 3 is 2.29 bits per heavy atom. The molecule has 0 aromatic heterocycles. The molecule has 2 rings (SSSR count). The lowest BCUT2D eigenvalue weighted by Gasteiger charge is -2.42. The quantitative estimate of drug-likeness (QED) is 0.544. The van der Waals surface area contributed by atoms with Crippen LogP contribution in [0.25, 0.3) is 0 Å². The molecule has 1 atom stereocenters. The first-order valence-electron chi connectivity index (χ1n) is 10.4. The monoisotopic (exact) mass is 333 g/mol. The number of aliphatic imine (C=N–C) groups is 1. The van der Waals surface area contributed by atoms with E-state index in [4.69, 9.17) is 4.99 Å². The second-order valence-corrected chi connectivity index (χ2v) is 7.68. The van der Waals surface area contributed by atoms with Crippen LogP contribution in [-0.2, 0) is 0 Å². The number of hydrogen-bond donors (Lipinski definition) is 0. The molecule has 0 saturated carbocycles. The third kappa shape index (κ3) is 5.42. The van der Waals surface area contributed by atoms with Crippen LogP contribution in [0.5, 0.6) is 0 Å². The van der Waals surface area contributed by atoms with Gasteiger partial charge in [0.1, 0.15) is 5.66 Å². The van der Waals surface area contributed by atoms with E-state index in [0.29, 0.717) is 0 Å². The van der Waals surface area contributed by atoms with Crippen LogP contribution in [0.3, 0.4) is 0 Å². The molecule has 0 aromatic carbocycles. The van der Waals surface area contributed by atoms with E-state index in [0.717, 1.165) is 12.3 Å². The molecule has 2 heterocycles. The van der Waals surface area contributed by atoms with Crippen molar-refractivity contribution >= 4 is 6.21 Å². The minimum absolute atomic E-state index is 0.00122. The van der Waals surface area contributed by atoms with Gasteiger partial charge >= 0.3 is 0 Å². The fourth-order valence-electron chi connectivity index (χ4n) is 4.45. The zero-order chi connectivity index (χ0) is 17.3. The highest BCUT2D eigenvalue weighted by Gasteiger charge is 2.36. The van der Waals surface area contributed by atoms with Crippen LogP contribution in [-0.4, -0.2) is 54.4 Å². The van der Waals surface area contributed by atoms with E-state index in [1.807, 2.05) is 6.21 Å². The van der Waals surface area contributed by atoms with Gasteiger partial charge in [-0.3, -0.25) is 9.89 Å². The summed E-state index contributed by atoms with van der Waals surface area (Å²) in [7, 11) is 0. The highest BCUT2D eigenvalue weighted by molar-refractivity contribution is 5.75. The molecule has 1 unspecified atom stereocenters. The number of allylic oxidation sites excluding steroid dienone is 1. The minimum atomic E-state index is -0.00122. The summed E-state index contributed by atoms with van der Waals surface area (Å²) in [5, 5.41) is 0. The Labute approximate surface area is 150 Å². The van der Waals surface area contributed by atoms with Gasteiger partial charge in [-0.2, -0.15) is 0 Å². The zero-order valence-corrected chi connectivity index (χ0v) is 16.3. The molecule has 24 heavy (non-hydrogen) atoms. The molecule has 0 amide bonds. The van der Waals surface area contributed by atoms with Crippen molar-refractivity contribution in [2.24, 2.45) is 10.9 Å². The molecule has 2 aliphatic heterocycles. The predicted molar refractivity (Wildman–Crippen MR) is 106 cm³/mol. The van der Waals surface area contributed by atoms with Gasteiger partial charge < -0.3 is 4.90 Å². The average molecular weight is 334 g/mol. The number of nitrogens with zero attached hydrogens (tertiary/aromatic N) is 3. The molecule has 0 aliphatic carbocycles. The predicted octanol–water partition coefficient (Wildman–Crippen LogP) is 4.74. The van der Waals surface area contributed by atoms with Gasteiger partial charge in [-0.25, -0.2) is 0 Å². The van der Waals surface area contributed by atoms with E-state index in [1.165, 1.54) is 77.7 Å². The molecular formula is C21H39N3. The molecule has 0 bridgehead atoms. The van der Waals surface area contributed by atoms with Crippen molar-refractivity contribution in [3.05, 3.63) is 12.2 Å². The summed E-state index contributed by atoms with van der Waals surface area (Å²) in [6, 6.07) is 0. The Hall–Kier alpha value is -0.670. The van der Waals surface area contributed by atoms with Gasteiger partial charge in [0.05, 0.1) is 0 Å². The van der Waals surface area contributed by atoms with Crippen molar-refractivity contribution in [2.45, 2.75) is 77.8 Å². The molecule has 0 spiro atoms. The molecule has 0 radical (unpaired) electrons. The van der Waals surface area contributed by atoms with Gasteiger partial charge in [0.25, 0.3) is 0 Å². The van der Waals surface area contributed by atoms with Gasteiger partial charge in [0.2, 0.25) is 0 Å². The molecule has 138 valence electrons. The molecule has 3 nitrogen and oxygen atoms in total. The highest BCUT2D eigenvalue weighted by atomic mass is 15.3. The van der Waals surface area contributed by atoms with Gasteiger partial charge in [0, 0.05) is 19.3 Å². The van der Waals surface area contributed by atoms with Crippen LogP contribution in [0.4, 0.5) is 0 Å². The second-order valence-electron chi connectivity index (χ2n) is 7.68. The standard InChI is InChI=1S/C21H39N3/c1-4-12-21(13-8-14-22-21)24-18-10-20(11-19-24)9-7-17-23(15-5-2)16-6-3/h8,13-14,20H,4-7,9-12,15-19H2,1-3H3. The lowest BCUT2D eigenvalue weighted by Crippen LogP contribution is -2.49. The smallest absolute Gasteiger partial charge is 0.132 e. The minimum Gasteiger partial charge on any atom is -0.303 e. The number of hydrogen-bond acceptors (Lipinski definition) is 3. The van der Waals surface area contributed by atoms with Crippen molar-refractivity contribution in [3.8, 4) is 0 Å². The second kappa shape index (κ2) is 10.4. The summed E-state index contributed by atoms with van der Waals surface area (Å²) in [6.07, 6.45) is 16.9. The maximum absolute atomic E-state index is 4.82. The number of piperidine rings is 1.